The lowest BCUT2D eigenvalue weighted by atomic mass is 10.1. The van der Waals surface area contributed by atoms with Crippen LogP contribution in [0.25, 0.3) is 11.1 Å². The van der Waals surface area contributed by atoms with Crippen molar-refractivity contribution in [3.8, 4) is 0 Å². The molecule has 0 fully saturated rings. The lowest BCUT2D eigenvalue weighted by Gasteiger charge is -2.01. The van der Waals surface area contributed by atoms with E-state index in [4.69, 9.17) is 16.0 Å². The summed E-state index contributed by atoms with van der Waals surface area (Å²) < 4.78 is 5.51. The van der Waals surface area contributed by atoms with Crippen molar-refractivity contribution in [2.45, 2.75) is 4.29 Å². The molecule has 2 aromatic rings. The van der Waals surface area contributed by atoms with Gasteiger partial charge in [-0.15, -0.1) is 11.6 Å². The van der Waals surface area contributed by atoms with Gasteiger partial charge in [0, 0.05) is 12.6 Å². The summed E-state index contributed by atoms with van der Waals surface area (Å²) in [6.07, 6.45) is 0. The fourth-order valence-corrected chi connectivity index (χ4v) is 1.80. The summed E-state index contributed by atoms with van der Waals surface area (Å²) in [5.41, 5.74) is 1.45. The van der Waals surface area contributed by atoms with E-state index < -0.39 is 10.0 Å². The SMILES string of the molecule is Cn1c(=O)oc2ccc(C(=O)C(Cl)Br)cc21. The minimum absolute atomic E-state index is 0.253. The number of rotatable bonds is 2. The Morgan fingerprint density at radius 1 is 1.56 bits per heavy atom. The number of alkyl halides is 2. The quantitative estimate of drug-likeness (QED) is 0.632. The number of aryl methyl sites for hydroxylation is 1. The molecule has 0 radical (unpaired) electrons. The van der Waals surface area contributed by atoms with Crippen LogP contribution >= 0.6 is 27.5 Å². The van der Waals surface area contributed by atoms with E-state index in [1.807, 2.05) is 0 Å². The Kier molecular flexibility index (Phi) is 2.90. The maximum absolute atomic E-state index is 11.6. The molecule has 0 N–H and O–H groups in total. The summed E-state index contributed by atoms with van der Waals surface area (Å²) in [6, 6.07) is 4.74. The first-order chi connectivity index (χ1) is 7.50. The van der Waals surface area contributed by atoms with Gasteiger partial charge in [-0.3, -0.25) is 9.36 Å². The maximum atomic E-state index is 11.6. The smallest absolute Gasteiger partial charge is 0.408 e. The van der Waals surface area contributed by atoms with E-state index >= 15 is 0 Å². The van der Waals surface area contributed by atoms with Gasteiger partial charge in [-0.1, -0.05) is 15.9 Å². The number of hydrogen-bond donors (Lipinski definition) is 0. The van der Waals surface area contributed by atoms with Crippen LogP contribution in [0.2, 0.25) is 0 Å². The zero-order valence-corrected chi connectivity index (χ0v) is 10.6. The summed E-state index contributed by atoms with van der Waals surface area (Å²) in [5, 5.41) is 0. The normalized spacial score (nSPS) is 12.9. The molecule has 1 aromatic heterocycles. The molecule has 1 heterocycles. The third-order valence-electron chi connectivity index (χ3n) is 2.27. The number of oxazole rings is 1. The topological polar surface area (TPSA) is 52.2 Å². The molecule has 6 heteroatoms. The minimum Gasteiger partial charge on any atom is -0.408 e. The van der Waals surface area contributed by atoms with E-state index in [1.54, 1.807) is 25.2 Å². The van der Waals surface area contributed by atoms with Gasteiger partial charge in [0.1, 0.15) is 0 Å². The second-order valence-corrected chi connectivity index (χ2v) is 5.15. The first kappa shape index (κ1) is 11.4. The number of nitrogens with zero attached hydrogens (tertiary/aromatic N) is 1. The molecule has 4 nitrogen and oxygen atoms in total. The monoisotopic (exact) mass is 303 g/mol. The molecule has 0 aliphatic rings. The highest BCUT2D eigenvalue weighted by molar-refractivity contribution is 9.10. The highest BCUT2D eigenvalue weighted by atomic mass is 79.9. The van der Waals surface area contributed by atoms with Crippen LogP contribution in [0.4, 0.5) is 0 Å². The van der Waals surface area contributed by atoms with Crippen molar-refractivity contribution in [1.82, 2.24) is 4.57 Å². The summed E-state index contributed by atoms with van der Waals surface area (Å²) >= 11 is 8.62. The van der Waals surface area contributed by atoms with Crippen LogP contribution in [-0.4, -0.2) is 14.6 Å². The standard InChI is InChI=1S/C10H7BrClNO3/c1-13-6-4-5(8(14)9(11)12)2-3-7(6)16-10(13)15/h2-4,9H,1H3. The molecule has 1 atom stereocenters. The van der Waals surface area contributed by atoms with Crippen LogP contribution in [-0.2, 0) is 7.05 Å². The number of carbonyl (C=O) groups is 1. The Balaban J connectivity index is 2.64. The molecule has 0 bridgehead atoms. The molecule has 0 spiro atoms. The van der Waals surface area contributed by atoms with Gasteiger partial charge in [0.2, 0.25) is 0 Å². The molecule has 1 aromatic carbocycles. The van der Waals surface area contributed by atoms with Gasteiger partial charge in [0.25, 0.3) is 0 Å². The summed E-state index contributed by atoms with van der Waals surface area (Å²) in [7, 11) is 1.58. The van der Waals surface area contributed by atoms with Crippen LogP contribution in [0.15, 0.2) is 27.4 Å². The number of halogens is 2. The highest BCUT2D eigenvalue weighted by Gasteiger charge is 2.15. The molecule has 0 saturated heterocycles. The van der Waals surface area contributed by atoms with Crippen molar-refractivity contribution < 1.29 is 9.21 Å². The van der Waals surface area contributed by atoms with Crippen LogP contribution in [0.1, 0.15) is 10.4 Å². The summed E-state index contributed by atoms with van der Waals surface area (Å²) in [5.74, 6) is -0.710. The van der Waals surface area contributed by atoms with E-state index in [0.717, 1.165) is 0 Å². The van der Waals surface area contributed by atoms with Gasteiger partial charge in [-0.2, -0.15) is 0 Å². The first-order valence-electron chi connectivity index (χ1n) is 4.42. The number of benzene rings is 1. The molecular weight excluding hydrogens is 297 g/mol. The molecule has 0 aliphatic heterocycles. The largest absolute Gasteiger partial charge is 0.419 e. The fourth-order valence-electron chi connectivity index (χ4n) is 1.41. The fraction of sp³-hybridized carbons (Fsp3) is 0.200. The zero-order valence-electron chi connectivity index (χ0n) is 8.24. The van der Waals surface area contributed by atoms with Crippen LogP contribution in [0.3, 0.4) is 0 Å². The van der Waals surface area contributed by atoms with Crippen LogP contribution in [0, 0.1) is 0 Å². The van der Waals surface area contributed by atoms with Gasteiger partial charge in [0.15, 0.2) is 15.7 Å². The predicted molar refractivity (Wildman–Crippen MR) is 64.4 cm³/mol. The molecule has 84 valence electrons. The van der Waals surface area contributed by atoms with Crippen molar-refractivity contribution >= 4 is 44.4 Å². The van der Waals surface area contributed by atoms with E-state index in [-0.39, 0.29) is 5.78 Å². The van der Waals surface area contributed by atoms with Gasteiger partial charge in [0.05, 0.1) is 5.52 Å². The van der Waals surface area contributed by atoms with Gasteiger partial charge in [-0.25, -0.2) is 4.79 Å². The number of Topliss-reactive ketones (excluding diaryl/α,β-unsaturated/α-hetero) is 1. The second-order valence-electron chi connectivity index (χ2n) is 3.27. The summed E-state index contributed by atoms with van der Waals surface area (Å²) in [6.45, 7) is 0. The average molecular weight is 305 g/mol. The number of hydrogen-bond acceptors (Lipinski definition) is 3. The summed E-state index contributed by atoms with van der Waals surface area (Å²) in [4.78, 5) is 22.8. The van der Waals surface area contributed by atoms with E-state index in [0.29, 0.717) is 16.7 Å². The molecule has 1 unspecified atom stereocenters. The van der Waals surface area contributed by atoms with Crippen molar-refractivity contribution in [3.05, 3.63) is 34.3 Å². The minimum atomic E-state index is -0.770. The van der Waals surface area contributed by atoms with Crippen LogP contribution in [0.5, 0.6) is 0 Å². The third kappa shape index (κ3) is 1.81. The Labute approximate surface area is 104 Å². The van der Waals surface area contributed by atoms with Gasteiger partial charge in [-0.05, 0) is 18.2 Å². The highest BCUT2D eigenvalue weighted by Crippen LogP contribution is 2.18. The van der Waals surface area contributed by atoms with Crippen molar-refractivity contribution in [1.29, 1.82) is 0 Å². The molecule has 2 rings (SSSR count). The Hall–Kier alpha value is -1.07. The van der Waals surface area contributed by atoms with E-state index in [9.17, 15) is 9.59 Å². The van der Waals surface area contributed by atoms with Gasteiger partial charge < -0.3 is 4.42 Å². The molecular formula is C10H7BrClNO3. The Bertz CT molecular complexity index is 614. The predicted octanol–water partition coefficient (Wildman–Crippen LogP) is 2.27. The van der Waals surface area contributed by atoms with E-state index in [1.165, 1.54) is 4.57 Å². The van der Waals surface area contributed by atoms with E-state index in [2.05, 4.69) is 15.9 Å². The molecule has 16 heavy (non-hydrogen) atoms. The third-order valence-corrected chi connectivity index (χ3v) is 2.89. The number of ketones is 1. The molecule has 0 saturated carbocycles. The lowest BCUT2D eigenvalue weighted by Crippen LogP contribution is -2.10. The number of fused-ring (bicyclic) bond motifs is 1. The number of aromatic nitrogens is 1. The molecule has 0 amide bonds. The second kappa shape index (κ2) is 4.07. The lowest BCUT2D eigenvalue weighted by molar-refractivity contribution is 0.101. The zero-order chi connectivity index (χ0) is 11.9. The first-order valence-corrected chi connectivity index (χ1v) is 5.78. The number of carbonyl (C=O) groups excluding carboxylic acids is 1. The van der Waals surface area contributed by atoms with Crippen molar-refractivity contribution in [3.63, 3.8) is 0 Å². The Morgan fingerprint density at radius 3 is 2.88 bits per heavy atom. The van der Waals surface area contributed by atoms with Crippen molar-refractivity contribution in [2.24, 2.45) is 7.05 Å². The Morgan fingerprint density at radius 2 is 2.25 bits per heavy atom. The van der Waals surface area contributed by atoms with Crippen molar-refractivity contribution in [2.75, 3.05) is 0 Å². The van der Waals surface area contributed by atoms with Crippen LogP contribution < -0.4 is 5.76 Å². The average Bonchev–Trinajstić information content (AvgIpc) is 2.53. The molecule has 0 aliphatic carbocycles. The maximum Gasteiger partial charge on any atom is 0.419 e. The van der Waals surface area contributed by atoms with Gasteiger partial charge >= 0.3 is 5.76 Å².